The monoisotopic (exact) mass is 529 g/mol. The highest BCUT2D eigenvalue weighted by Gasteiger charge is 2.23. The van der Waals surface area contributed by atoms with Crippen LogP contribution in [0.15, 0.2) is 78.9 Å². The lowest BCUT2D eigenvalue weighted by molar-refractivity contribution is -0.135. The number of hydrogen-bond acceptors (Lipinski definition) is 6. The number of amides is 2. The van der Waals surface area contributed by atoms with Crippen molar-refractivity contribution in [3.05, 3.63) is 84.4 Å². The van der Waals surface area contributed by atoms with Gasteiger partial charge in [0.1, 0.15) is 11.6 Å². The first-order valence-electron chi connectivity index (χ1n) is 12.3. The zero-order valence-electron chi connectivity index (χ0n) is 21.9. The van der Waals surface area contributed by atoms with Crippen LogP contribution in [0.5, 0.6) is 11.5 Å². The molecule has 1 N–H and O–H groups in total. The lowest BCUT2D eigenvalue weighted by Gasteiger charge is -2.26. The summed E-state index contributed by atoms with van der Waals surface area (Å²) >= 11 is 1.52. The van der Waals surface area contributed by atoms with Gasteiger partial charge in [0.05, 0.1) is 25.5 Å². The quantitative estimate of drug-likeness (QED) is 0.276. The van der Waals surface area contributed by atoms with E-state index in [0.717, 1.165) is 26.6 Å². The molecule has 196 valence electrons. The van der Waals surface area contributed by atoms with Gasteiger partial charge in [-0.2, -0.15) is 0 Å². The Morgan fingerprint density at radius 1 is 0.895 bits per heavy atom. The van der Waals surface area contributed by atoms with Crippen molar-refractivity contribution in [3.63, 3.8) is 0 Å². The smallest absolute Gasteiger partial charge is 0.245 e. The number of hydrogen-bond donors (Lipinski definition) is 1. The van der Waals surface area contributed by atoms with Gasteiger partial charge in [-0.05, 0) is 37.1 Å². The molecule has 1 heterocycles. The third-order valence-corrected chi connectivity index (χ3v) is 7.16. The van der Waals surface area contributed by atoms with Crippen molar-refractivity contribution in [2.45, 2.75) is 26.3 Å². The number of aromatic nitrogens is 1. The predicted molar refractivity (Wildman–Crippen MR) is 152 cm³/mol. The van der Waals surface area contributed by atoms with Gasteiger partial charge >= 0.3 is 0 Å². The third kappa shape index (κ3) is 6.39. The molecular formula is C30H31N3O4S. The average Bonchev–Trinajstić information content (AvgIpc) is 3.36. The lowest BCUT2D eigenvalue weighted by Crippen LogP contribution is -2.43. The highest BCUT2D eigenvalue weighted by Crippen LogP contribution is 2.38. The minimum atomic E-state index is -0.304. The number of methoxy groups -OCH3 is 2. The highest BCUT2D eigenvalue weighted by atomic mass is 32.1. The topological polar surface area (TPSA) is 80.8 Å². The Bertz CT molecular complexity index is 1390. The number of benzene rings is 3. The van der Waals surface area contributed by atoms with Crippen LogP contribution < -0.4 is 14.8 Å². The maximum Gasteiger partial charge on any atom is 0.245 e. The highest BCUT2D eigenvalue weighted by molar-refractivity contribution is 7.19. The lowest BCUT2D eigenvalue weighted by atomic mass is 10.1. The molecule has 2 amide bonds. The normalized spacial score (nSPS) is 10.8. The number of anilines is 1. The molecule has 4 aromatic rings. The minimum absolute atomic E-state index is 0.0871. The molecule has 0 saturated heterocycles. The Hall–Kier alpha value is -4.17. The van der Waals surface area contributed by atoms with Gasteiger partial charge in [0.2, 0.25) is 11.8 Å². The van der Waals surface area contributed by atoms with Gasteiger partial charge in [0.25, 0.3) is 0 Å². The molecule has 8 heteroatoms. The Kier molecular flexibility index (Phi) is 8.76. The number of thiazole rings is 1. The second kappa shape index (κ2) is 12.4. The molecule has 38 heavy (non-hydrogen) atoms. The van der Waals surface area contributed by atoms with Crippen LogP contribution in [0.25, 0.3) is 21.0 Å². The van der Waals surface area contributed by atoms with E-state index in [0.29, 0.717) is 17.3 Å². The molecule has 1 aromatic heterocycles. The van der Waals surface area contributed by atoms with Gasteiger partial charge in [0.15, 0.2) is 17.3 Å². The number of nitrogens with zero attached hydrogens (tertiary/aromatic N) is 2. The first-order chi connectivity index (χ1) is 18.4. The molecule has 0 unspecified atom stereocenters. The number of rotatable bonds is 10. The summed E-state index contributed by atoms with van der Waals surface area (Å²) in [5, 5.41) is 3.78. The van der Waals surface area contributed by atoms with Gasteiger partial charge < -0.3 is 19.7 Å². The van der Waals surface area contributed by atoms with E-state index in [9.17, 15) is 9.59 Å². The second-order valence-corrected chi connectivity index (χ2v) is 9.96. The first kappa shape index (κ1) is 26.9. The SMILES string of the molecule is COc1ccc(CC(=O)N(CC(=O)Nc2nc(-c3ccccc3)sc2-c2ccccc2)C(C)C)cc1OC. The summed E-state index contributed by atoms with van der Waals surface area (Å²) < 4.78 is 10.6. The van der Waals surface area contributed by atoms with Gasteiger partial charge in [-0.1, -0.05) is 66.7 Å². The Labute approximate surface area is 227 Å². The van der Waals surface area contributed by atoms with Crippen LogP contribution >= 0.6 is 11.3 Å². The van der Waals surface area contributed by atoms with E-state index in [-0.39, 0.29) is 30.8 Å². The first-order valence-corrected chi connectivity index (χ1v) is 13.1. The van der Waals surface area contributed by atoms with Crippen molar-refractivity contribution >= 4 is 29.0 Å². The molecule has 0 aliphatic heterocycles. The van der Waals surface area contributed by atoms with E-state index in [1.54, 1.807) is 31.3 Å². The zero-order valence-corrected chi connectivity index (χ0v) is 22.7. The average molecular weight is 530 g/mol. The van der Waals surface area contributed by atoms with Crippen molar-refractivity contribution in [1.29, 1.82) is 0 Å². The molecule has 0 atom stereocenters. The van der Waals surface area contributed by atoms with Crippen LogP contribution in [0.4, 0.5) is 5.82 Å². The maximum atomic E-state index is 13.2. The molecular weight excluding hydrogens is 498 g/mol. The van der Waals surface area contributed by atoms with Crippen LogP contribution in [-0.2, 0) is 16.0 Å². The van der Waals surface area contributed by atoms with E-state index >= 15 is 0 Å². The van der Waals surface area contributed by atoms with E-state index in [1.807, 2.05) is 80.6 Å². The molecule has 0 fully saturated rings. The minimum Gasteiger partial charge on any atom is -0.493 e. The summed E-state index contributed by atoms with van der Waals surface area (Å²) in [7, 11) is 3.12. The van der Waals surface area contributed by atoms with E-state index in [4.69, 9.17) is 14.5 Å². The molecule has 7 nitrogen and oxygen atoms in total. The number of ether oxygens (including phenoxy) is 2. The fourth-order valence-corrected chi connectivity index (χ4v) is 5.08. The summed E-state index contributed by atoms with van der Waals surface area (Å²) in [6.45, 7) is 3.70. The summed E-state index contributed by atoms with van der Waals surface area (Å²) in [5.41, 5.74) is 2.72. The molecule has 0 aliphatic rings. The van der Waals surface area contributed by atoms with Crippen LogP contribution in [0.3, 0.4) is 0 Å². The van der Waals surface area contributed by atoms with E-state index in [1.165, 1.54) is 11.3 Å². The maximum absolute atomic E-state index is 13.2. The predicted octanol–water partition coefficient (Wildman–Crippen LogP) is 5.91. The Morgan fingerprint density at radius 2 is 1.53 bits per heavy atom. The Morgan fingerprint density at radius 3 is 2.13 bits per heavy atom. The second-order valence-electron chi connectivity index (χ2n) is 8.96. The standard InChI is InChI=1S/C30H31N3O4S/c1-20(2)33(27(35)18-21-15-16-24(36-3)25(17-21)37-4)19-26(34)31-29-28(22-11-7-5-8-12-22)38-30(32-29)23-13-9-6-10-14-23/h5-17,20H,18-19H2,1-4H3,(H,31,34). The van der Waals surface area contributed by atoms with E-state index in [2.05, 4.69) is 5.32 Å². The van der Waals surface area contributed by atoms with E-state index < -0.39 is 0 Å². The van der Waals surface area contributed by atoms with Gasteiger partial charge in [0, 0.05) is 11.6 Å². The molecule has 3 aromatic carbocycles. The third-order valence-electron chi connectivity index (χ3n) is 6.00. The molecule has 0 spiro atoms. The fraction of sp³-hybridized carbons (Fsp3) is 0.233. The molecule has 0 saturated carbocycles. The van der Waals surface area contributed by atoms with Crippen LogP contribution in [0, 0.1) is 0 Å². The summed E-state index contributed by atoms with van der Waals surface area (Å²) in [5.74, 6) is 1.17. The zero-order chi connectivity index (χ0) is 27.1. The fourth-order valence-electron chi connectivity index (χ4n) is 4.05. The number of carbonyl (C=O) groups is 2. The van der Waals surface area contributed by atoms with Gasteiger partial charge in [-0.3, -0.25) is 9.59 Å². The van der Waals surface area contributed by atoms with Crippen LogP contribution in [0.1, 0.15) is 19.4 Å². The van der Waals surface area contributed by atoms with Gasteiger partial charge in [-0.25, -0.2) is 4.98 Å². The summed E-state index contributed by atoms with van der Waals surface area (Å²) in [6, 6.07) is 24.9. The number of carbonyl (C=O) groups excluding carboxylic acids is 2. The van der Waals surface area contributed by atoms with Crippen LogP contribution in [0.2, 0.25) is 0 Å². The van der Waals surface area contributed by atoms with Crippen molar-refractivity contribution in [1.82, 2.24) is 9.88 Å². The molecule has 4 rings (SSSR count). The molecule has 0 radical (unpaired) electrons. The molecule has 0 aliphatic carbocycles. The van der Waals surface area contributed by atoms with Crippen LogP contribution in [-0.4, -0.2) is 48.5 Å². The summed E-state index contributed by atoms with van der Waals surface area (Å²) in [6.07, 6.45) is 0.135. The summed E-state index contributed by atoms with van der Waals surface area (Å²) in [4.78, 5) is 33.6. The van der Waals surface area contributed by atoms with Crippen molar-refractivity contribution in [3.8, 4) is 32.5 Å². The van der Waals surface area contributed by atoms with Crippen molar-refractivity contribution in [2.75, 3.05) is 26.1 Å². The van der Waals surface area contributed by atoms with Crippen molar-refractivity contribution in [2.24, 2.45) is 0 Å². The van der Waals surface area contributed by atoms with Crippen molar-refractivity contribution < 1.29 is 19.1 Å². The number of nitrogens with one attached hydrogen (secondary N) is 1. The largest absolute Gasteiger partial charge is 0.493 e. The van der Waals surface area contributed by atoms with Gasteiger partial charge in [-0.15, -0.1) is 11.3 Å². The molecule has 0 bridgehead atoms. The Balaban J connectivity index is 1.53.